The fraction of sp³-hybridized carbons (Fsp3) is 0.438. The van der Waals surface area contributed by atoms with E-state index in [4.69, 9.17) is 4.98 Å². The van der Waals surface area contributed by atoms with Gasteiger partial charge in [-0.25, -0.2) is 4.98 Å². The van der Waals surface area contributed by atoms with Crippen molar-refractivity contribution in [2.75, 3.05) is 6.54 Å². The van der Waals surface area contributed by atoms with Gasteiger partial charge in [0.25, 0.3) is 0 Å². The number of hydrogen-bond donors (Lipinski definition) is 2. The number of aromatic nitrogens is 2. The van der Waals surface area contributed by atoms with Gasteiger partial charge in [0, 0.05) is 11.3 Å². The topological polar surface area (TPSA) is 40.7 Å². The SMILES string of the molecule is c1ccc2c(c1)CCCc1[nH]c([C@@H]3CCCN3)nc1-2. The second-order valence-electron chi connectivity index (χ2n) is 5.61. The molecule has 0 amide bonds. The van der Waals surface area contributed by atoms with E-state index in [2.05, 4.69) is 34.6 Å². The van der Waals surface area contributed by atoms with E-state index in [0.29, 0.717) is 6.04 Å². The zero-order valence-electron chi connectivity index (χ0n) is 11.1. The van der Waals surface area contributed by atoms with Crippen LogP contribution in [-0.2, 0) is 12.8 Å². The van der Waals surface area contributed by atoms with Crippen molar-refractivity contribution in [2.45, 2.75) is 38.1 Å². The Balaban J connectivity index is 1.81. The third-order valence-corrected chi connectivity index (χ3v) is 4.33. The number of nitrogens with zero attached hydrogens (tertiary/aromatic N) is 1. The molecule has 1 atom stereocenters. The highest BCUT2D eigenvalue weighted by Gasteiger charge is 2.23. The van der Waals surface area contributed by atoms with Crippen LogP contribution in [0.25, 0.3) is 11.3 Å². The second kappa shape index (κ2) is 4.49. The van der Waals surface area contributed by atoms with Crippen molar-refractivity contribution in [1.29, 1.82) is 0 Å². The molecule has 2 aromatic rings. The minimum absolute atomic E-state index is 0.430. The Morgan fingerprint density at radius 2 is 2.05 bits per heavy atom. The zero-order valence-corrected chi connectivity index (χ0v) is 11.1. The van der Waals surface area contributed by atoms with Gasteiger partial charge in [0.15, 0.2) is 0 Å². The van der Waals surface area contributed by atoms with Crippen molar-refractivity contribution in [3.8, 4) is 11.3 Å². The van der Waals surface area contributed by atoms with E-state index in [-0.39, 0.29) is 0 Å². The molecule has 0 unspecified atom stereocenters. The molecule has 2 N–H and O–H groups in total. The molecular formula is C16H19N3. The number of aromatic amines is 1. The summed E-state index contributed by atoms with van der Waals surface area (Å²) in [5.41, 5.74) is 5.29. The molecule has 0 bridgehead atoms. The maximum Gasteiger partial charge on any atom is 0.124 e. The van der Waals surface area contributed by atoms with Crippen molar-refractivity contribution in [1.82, 2.24) is 15.3 Å². The minimum atomic E-state index is 0.430. The monoisotopic (exact) mass is 253 g/mol. The number of benzene rings is 1. The van der Waals surface area contributed by atoms with Crippen LogP contribution in [0.1, 0.15) is 42.4 Å². The van der Waals surface area contributed by atoms with Gasteiger partial charge in [0.1, 0.15) is 5.82 Å². The molecule has 1 aliphatic heterocycles. The summed E-state index contributed by atoms with van der Waals surface area (Å²) in [5, 5.41) is 3.53. The van der Waals surface area contributed by atoms with E-state index >= 15 is 0 Å². The quantitative estimate of drug-likeness (QED) is 0.820. The van der Waals surface area contributed by atoms with Crippen molar-refractivity contribution in [2.24, 2.45) is 0 Å². The highest BCUT2D eigenvalue weighted by molar-refractivity contribution is 5.67. The van der Waals surface area contributed by atoms with Gasteiger partial charge in [-0.05, 0) is 44.2 Å². The number of rotatable bonds is 1. The predicted octanol–water partition coefficient (Wildman–Crippen LogP) is 2.99. The number of fused-ring (bicyclic) bond motifs is 3. The number of nitrogens with one attached hydrogen (secondary N) is 2. The van der Waals surface area contributed by atoms with Crippen LogP contribution in [0, 0.1) is 0 Å². The van der Waals surface area contributed by atoms with Gasteiger partial charge in [-0.3, -0.25) is 0 Å². The van der Waals surface area contributed by atoms with E-state index < -0.39 is 0 Å². The number of imidazole rings is 1. The Labute approximate surface area is 113 Å². The van der Waals surface area contributed by atoms with Gasteiger partial charge in [-0.1, -0.05) is 24.3 Å². The molecule has 3 heteroatoms. The summed E-state index contributed by atoms with van der Waals surface area (Å²) < 4.78 is 0. The summed E-state index contributed by atoms with van der Waals surface area (Å²) in [5.74, 6) is 1.14. The van der Waals surface area contributed by atoms with E-state index in [1.54, 1.807) is 0 Å². The van der Waals surface area contributed by atoms with Gasteiger partial charge < -0.3 is 10.3 Å². The van der Waals surface area contributed by atoms with Crippen LogP contribution >= 0.6 is 0 Å². The minimum Gasteiger partial charge on any atom is -0.344 e. The Bertz CT molecular complexity index is 594. The molecule has 1 fully saturated rings. The molecule has 98 valence electrons. The fourth-order valence-electron chi connectivity index (χ4n) is 3.34. The Kier molecular flexibility index (Phi) is 2.66. The molecule has 0 saturated carbocycles. The first-order valence-corrected chi connectivity index (χ1v) is 7.32. The van der Waals surface area contributed by atoms with E-state index in [9.17, 15) is 0 Å². The second-order valence-corrected chi connectivity index (χ2v) is 5.61. The molecule has 4 rings (SSSR count). The third kappa shape index (κ3) is 1.89. The van der Waals surface area contributed by atoms with Crippen molar-refractivity contribution < 1.29 is 0 Å². The molecule has 0 radical (unpaired) electrons. The van der Waals surface area contributed by atoms with Gasteiger partial charge in [-0.2, -0.15) is 0 Å². The van der Waals surface area contributed by atoms with E-state index in [0.717, 1.165) is 25.2 Å². The van der Waals surface area contributed by atoms with Gasteiger partial charge in [0.05, 0.1) is 11.7 Å². The molecule has 2 aliphatic rings. The van der Waals surface area contributed by atoms with Crippen molar-refractivity contribution in [3.63, 3.8) is 0 Å². The third-order valence-electron chi connectivity index (χ3n) is 4.33. The van der Waals surface area contributed by atoms with Crippen LogP contribution in [0.3, 0.4) is 0 Å². The highest BCUT2D eigenvalue weighted by Crippen LogP contribution is 2.32. The van der Waals surface area contributed by atoms with Gasteiger partial charge >= 0.3 is 0 Å². The van der Waals surface area contributed by atoms with Crippen LogP contribution < -0.4 is 5.32 Å². The lowest BCUT2D eigenvalue weighted by molar-refractivity contribution is 0.610. The largest absolute Gasteiger partial charge is 0.344 e. The number of aryl methyl sites for hydroxylation is 2. The van der Waals surface area contributed by atoms with Crippen LogP contribution in [0.5, 0.6) is 0 Å². The summed E-state index contributed by atoms with van der Waals surface area (Å²) in [6.45, 7) is 1.12. The normalized spacial score (nSPS) is 21.8. The summed E-state index contributed by atoms with van der Waals surface area (Å²) in [6.07, 6.45) is 5.95. The Morgan fingerprint density at radius 1 is 1.11 bits per heavy atom. The lowest BCUT2D eigenvalue weighted by atomic mass is 10.0. The maximum absolute atomic E-state index is 4.92. The Morgan fingerprint density at radius 3 is 2.95 bits per heavy atom. The van der Waals surface area contributed by atoms with Gasteiger partial charge in [0.2, 0.25) is 0 Å². The summed E-state index contributed by atoms with van der Waals surface area (Å²) in [4.78, 5) is 8.50. The molecule has 1 aromatic heterocycles. The van der Waals surface area contributed by atoms with E-state index in [1.165, 1.54) is 41.8 Å². The molecule has 3 nitrogen and oxygen atoms in total. The van der Waals surface area contributed by atoms with Gasteiger partial charge in [-0.15, -0.1) is 0 Å². The first-order valence-electron chi connectivity index (χ1n) is 7.32. The lowest BCUT2D eigenvalue weighted by Crippen LogP contribution is -2.14. The lowest BCUT2D eigenvalue weighted by Gasteiger charge is -2.06. The van der Waals surface area contributed by atoms with Crippen molar-refractivity contribution in [3.05, 3.63) is 41.3 Å². The van der Waals surface area contributed by atoms with E-state index in [1.807, 2.05) is 0 Å². The fourth-order valence-corrected chi connectivity index (χ4v) is 3.34. The average molecular weight is 253 g/mol. The predicted molar refractivity (Wildman–Crippen MR) is 76.0 cm³/mol. The zero-order chi connectivity index (χ0) is 12.7. The Hall–Kier alpha value is -1.61. The summed E-state index contributed by atoms with van der Waals surface area (Å²) in [6, 6.07) is 9.14. The van der Waals surface area contributed by atoms with Crippen molar-refractivity contribution >= 4 is 0 Å². The summed E-state index contributed by atoms with van der Waals surface area (Å²) >= 11 is 0. The average Bonchev–Trinajstić information content (AvgIpc) is 3.06. The molecule has 0 spiro atoms. The molecular weight excluding hydrogens is 234 g/mol. The maximum atomic E-state index is 4.92. The first-order chi connectivity index (χ1) is 9.42. The van der Waals surface area contributed by atoms with Crippen LogP contribution in [0.2, 0.25) is 0 Å². The standard InChI is InChI=1S/C16H19N3/c1-2-7-12-11(5-1)6-3-8-13-15(12)19-16(18-13)14-9-4-10-17-14/h1-2,5,7,14,17H,3-4,6,8-10H2,(H,18,19)/t14-/m0/s1. The smallest absolute Gasteiger partial charge is 0.124 e. The molecule has 1 aromatic carbocycles. The first kappa shape index (κ1) is 11.2. The molecule has 1 aliphatic carbocycles. The van der Waals surface area contributed by atoms with Crippen LogP contribution in [0.15, 0.2) is 24.3 Å². The number of hydrogen-bond acceptors (Lipinski definition) is 2. The van der Waals surface area contributed by atoms with Crippen LogP contribution in [-0.4, -0.2) is 16.5 Å². The van der Waals surface area contributed by atoms with Crippen LogP contribution in [0.4, 0.5) is 0 Å². The number of H-pyrrole nitrogens is 1. The molecule has 19 heavy (non-hydrogen) atoms. The highest BCUT2D eigenvalue weighted by atomic mass is 15.0. The molecule has 1 saturated heterocycles. The summed E-state index contributed by atoms with van der Waals surface area (Å²) in [7, 11) is 0. The molecule has 2 heterocycles.